The van der Waals surface area contributed by atoms with Crippen molar-refractivity contribution in [3.8, 4) is 0 Å². The summed E-state index contributed by atoms with van der Waals surface area (Å²) in [4.78, 5) is 36.3. The van der Waals surface area contributed by atoms with Crippen LogP contribution in [0.2, 0.25) is 10.0 Å². The number of nitrogens with zero attached hydrogens (tertiary/aromatic N) is 1. The summed E-state index contributed by atoms with van der Waals surface area (Å²) < 4.78 is 0. The average Bonchev–Trinajstić information content (AvgIpc) is 2.38. The smallest absolute Gasteiger partial charge is 0.249 e. The fraction of sp³-hybridized carbons (Fsp3) is 0.308. The van der Waals surface area contributed by atoms with Crippen LogP contribution in [0.25, 0.3) is 0 Å². The Kier molecular flexibility index (Phi) is 4.30. The van der Waals surface area contributed by atoms with Crippen molar-refractivity contribution in [2.75, 3.05) is 6.54 Å². The predicted molar refractivity (Wildman–Crippen MR) is 74.5 cm³/mol. The molecule has 5 nitrogen and oxygen atoms in total. The molecule has 7 heteroatoms. The quantitative estimate of drug-likeness (QED) is 0.839. The lowest BCUT2D eigenvalue weighted by atomic mass is 10.1. The fourth-order valence-electron chi connectivity index (χ4n) is 1.94. The number of piperazine rings is 1. The zero-order valence-electron chi connectivity index (χ0n) is 10.7. The van der Waals surface area contributed by atoms with Crippen LogP contribution in [0.5, 0.6) is 0 Å². The zero-order chi connectivity index (χ0) is 14.9. The Morgan fingerprint density at radius 1 is 1.35 bits per heavy atom. The van der Waals surface area contributed by atoms with Crippen molar-refractivity contribution in [1.29, 1.82) is 0 Å². The molecule has 0 spiro atoms. The molecule has 0 radical (unpaired) electrons. The van der Waals surface area contributed by atoms with Crippen molar-refractivity contribution in [2.45, 2.75) is 19.4 Å². The van der Waals surface area contributed by atoms with Crippen LogP contribution in [0.1, 0.15) is 12.5 Å². The molecular weight excluding hydrogens is 303 g/mol. The minimum absolute atomic E-state index is 0.0573. The van der Waals surface area contributed by atoms with E-state index in [1.165, 1.54) is 4.90 Å². The van der Waals surface area contributed by atoms with E-state index < -0.39 is 17.9 Å². The molecule has 0 saturated carbocycles. The van der Waals surface area contributed by atoms with Crippen LogP contribution >= 0.6 is 23.2 Å². The molecule has 1 unspecified atom stereocenters. The maximum atomic E-state index is 12.2. The molecule has 3 amide bonds. The van der Waals surface area contributed by atoms with Gasteiger partial charge in [-0.3, -0.25) is 19.7 Å². The van der Waals surface area contributed by atoms with Crippen molar-refractivity contribution >= 4 is 40.9 Å². The summed E-state index contributed by atoms with van der Waals surface area (Å²) >= 11 is 11.7. The summed E-state index contributed by atoms with van der Waals surface area (Å²) in [6.07, 6.45) is 0.0573. The van der Waals surface area contributed by atoms with Crippen LogP contribution in [0.4, 0.5) is 0 Å². The van der Waals surface area contributed by atoms with Crippen molar-refractivity contribution < 1.29 is 14.4 Å². The highest BCUT2D eigenvalue weighted by Crippen LogP contribution is 2.23. The molecule has 1 aliphatic heterocycles. The Balaban J connectivity index is 2.12. The van der Waals surface area contributed by atoms with E-state index in [9.17, 15) is 14.4 Å². The minimum Gasteiger partial charge on any atom is -0.321 e. The highest BCUT2D eigenvalue weighted by Gasteiger charge is 2.33. The Morgan fingerprint density at radius 3 is 2.70 bits per heavy atom. The third-order valence-electron chi connectivity index (χ3n) is 3.08. The number of carbonyl (C=O) groups is 3. The summed E-state index contributed by atoms with van der Waals surface area (Å²) in [5.41, 5.74) is 0.676. The standard InChI is InChI=1S/C13H12Cl2N2O3/c1-7-13(20)16-11(18)6-17(7)12(19)5-8-2-3-9(14)10(15)4-8/h2-4,7H,5-6H2,1H3,(H,16,18,20). The number of rotatable bonds is 2. The molecule has 1 aromatic rings. The number of nitrogens with one attached hydrogen (secondary N) is 1. The van der Waals surface area contributed by atoms with Crippen LogP contribution in [-0.2, 0) is 20.8 Å². The summed E-state index contributed by atoms with van der Waals surface area (Å²) in [6, 6.07) is 4.22. The van der Waals surface area contributed by atoms with E-state index in [4.69, 9.17) is 23.2 Å². The summed E-state index contributed by atoms with van der Waals surface area (Å²) in [7, 11) is 0. The molecule has 1 aromatic carbocycles. The van der Waals surface area contributed by atoms with Gasteiger partial charge in [0.1, 0.15) is 12.6 Å². The van der Waals surface area contributed by atoms with Crippen LogP contribution in [0.3, 0.4) is 0 Å². The third-order valence-corrected chi connectivity index (χ3v) is 3.82. The van der Waals surface area contributed by atoms with Gasteiger partial charge in [-0.1, -0.05) is 29.3 Å². The Morgan fingerprint density at radius 2 is 2.05 bits per heavy atom. The lowest BCUT2D eigenvalue weighted by Gasteiger charge is -2.31. The van der Waals surface area contributed by atoms with E-state index in [2.05, 4.69) is 5.32 Å². The van der Waals surface area contributed by atoms with Gasteiger partial charge in [0.15, 0.2) is 0 Å². The Hall–Kier alpha value is -1.59. The number of amides is 3. The van der Waals surface area contributed by atoms with Gasteiger partial charge in [0.05, 0.1) is 16.5 Å². The van der Waals surface area contributed by atoms with Crippen molar-refractivity contribution in [3.63, 3.8) is 0 Å². The highest BCUT2D eigenvalue weighted by molar-refractivity contribution is 6.42. The van der Waals surface area contributed by atoms with Crippen molar-refractivity contribution in [3.05, 3.63) is 33.8 Å². The maximum Gasteiger partial charge on any atom is 0.249 e. The molecule has 0 aromatic heterocycles. The van der Waals surface area contributed by atoms with Crippen LogP contribution in [-0.4, -0.2) is 35.2 Å². The largest absolute Gasteiger partial charge is 0.321 e. The van der Waals surface area contributed by atoms with E-state index in [-0.39, 0.29) is 18.9 Å². The number of carbonyl (C=O) groups excluding carboxylic acids is 3. The second-order valence-corrected chi connectivity index (χ2v) is 5.35. The van der Waals surface area contributed by atoms with E-state index in [0.29, 0.717) is 15.6 Å². The van der Waals surface area contributed by atoms with Gasteiger partial charge in [-0.2, -0.15) is 0 Å². The maximum absolute atomic E-state index is 12.2. The molecule has 106 valence electrons. The molecule has 1 aliphatic rings. The molecule has 2 rings (SSSR count). The minimum atomic E-state index is -0.664. The fourth-order valence-corrected chi connectivity index (χ4v) is 2.27. The number of halogens is 2. The average molecular weight is 315 g/mol. The zero-order valence-corrected chi connectivity index (χ0v) is 12.2. The van der Waals surface area contributed by atoms with Crippen LogP contribution in [0, 0.1) is 0 Å². The Labute approximate surface area is 125 Å². The molecule has 0 bridgehead atoms. The van der Waals surface area contributed by atoms with Crippen molar-refractivity contribution in [1.82, 2.24) is 10.2 Å². The SMILES string of the molecule is CC1C(=O)NC(=O)CN1C(=O)Cc1ccc(Cl)c(Cl)c1. The lowest BCUT2D eigenvalue weighted by Crippen LogP contribution is -2.58. The first-order chi connectivity index (χ1) is 9.38. The lowest BCUT2D eigenvalue weighted by molar-refractivity contribution is -0.149. The van der Waals surface area contributed by atoms with Gasteiger partial charge in [-0.25, -0.2) is 0 Å². The third kappa shape index (κ3) is 3.11. The summed E-state index contributed by atoms with van der Waals surface area (Å²) in [5.74, 6) is -1.25. The van der Waals surface area contributed by atoms with Gasteiger partial charge in [0, 0.05) is 0 Å². The van der Waals surface area contributed by atoms with E-state index in [1.807, 2.05) is 0 Å². The van der Waals surface area contributed by atoms with Crippen LogP contribution < -0.4 is 5.32 Å². The van der Waals surface area contributed by atoms with Gasteiger partial charge in [-0.05, 0) is 24.6 Å². The highest BCUT2D eigenvalue weighted by atomic mass is 35.5. The molecule has 0 aliphatic carbocycles. The van der Waals surface area contributed by atoms with Gasteiger partial charge in [-0.15, -0.1) is 0 Å². The second kappa shape index (κ2) is 5.81. The predicted octanol–water partition coefficient (Wildman–Crippen LogP) is 1.41. The molecule has 1 heterocycles. The Bertz CT molecular complexity index is 589. The first-order valence-corrected chi connectivity index (χ1v) is 6.71. The van der Waals surface area contributed by atoms with Crippen molar-refractivity contribution in [2.24, 2.45) is 0 Å². The second-order valence-electron chi connectivity index (χ2n) is 4.54. The topological polar surface area (TPSA) is 66.5 Å². The van der Waals surface area contributed by atoms with Gasteiger partial charge in [0.25, 0.3) is 0 Å². The summed E-state index contributed by atoms with van der Waals surface area (Å²) in [5, 5.41) is 2.95. The molecule has 20 heavy (non-hydrogen) atoms. The van der Waals surface area contributed by atoms with E-state index in [0.717, 1.165) is 0 Å². The molecule has 1 N–H and O–H groups in total. The number of imide groups is 1. The monoisotopic (exact) mass is 314 g/mol. The molecule has 1 fully saturated rings. The number of hydrogen-bond acceptors (Lipinski definition) is 3. The van der Waals surface area contributed by atoms with E-state index in [1.54, 1.807) is 25.1 Å². The van der Waals surface area contributed by atoms with Gasteiger partial charge < -0.3 is 4.90 Å². The van der Waals surface area contributed by atoms with Gasteiger partial charge >= 0.3 is 0 Å². The molecule has 1 saturated heterocycles. The first-order valence-electron chi connectivity index (χ1n) is 5.95. The summed E-state index contributed by atoms with van der Waals surface area (Å²) in [6.45, 7) is 1.46. The van der Waals surface area contributed by atoms with Gasteiger partial charge in [0.2, 0.25) is 17.7 Å². The van der Waals surface area contributed by atoms with Crippen LogP contribution in [0.15, 0.2) is 18.2 Å². The molecular formula is C13H12Cl2N2O3. The molecule has 1 atom stereocenters. The van der Waals surface area contributed by atoms with E-state index >= 15 is 0 Å². The number of benzene rings is 1. The number of hydrogen-bond donors (Lipinski definition) is 1. The first kappa shape index (κ1) is 14.8. The normalized spacial score (nSPS) is 18.9.